The quantitative estimate of drug-likeness (QED) is 0.894. The number of aromatic nitrogens is 2. The first-order chi connectivity index (χ1) is 9.65. The van der Waals surface area contributed by atoms with Crippen molar-refractivity contribution in [2.45, 2.75) is 13.8 Å². The largest absolute Gasteiger partial charge is 0.395 e. The number of carbonyl (C=O) groups excluding carboxylic acids is 1. The fourth-order valence-corrected chi connectivity index (χ4v) is 1.91. The molecule has 0 spiro atoms. The van der Waals surface area contributed by atoms with Crippen LogP contribution in [0.5, 0.6) is 0 Å². The molecule has 0 saturated heterocycles. The van der Waals surface area contributed by atoms with Crippen LogP contribution >= 0.6 is 0 Å². The highest BCUT2D eigenvalue weighted by atomic mass is 16.5. The number of amides is 1. The molecule has 20 heavy (non-hydrogen) atoms. The number of hydrogen-bond acceptors (Lipinski definition) is 5. The SMILES string of the molecule is CCN(CCO)C(=O)c1cccc(-c2noc(C)n2)c1. The molecule has 6 heteroatoms. The van der Waals surface area contributed by atoms with Gasteiger partial charge in [-0.3, -0.25) is 4.79 Å². The molecule has 0 aliphatic rings. The van der Waals surface area contributed by atoms with Gasteiger partial charge in [-0.2, -0.15) is 4.98 Å². The van der Waals surface area contributed by atoms with Crippen LogP contribution in [0.2, 0.25) is 0 Å². The Kier molecular flexibility index (Phi) is 4.47. The Hall–Kier alpha value is -2.21. The van der Waals surface area contributed by atoms with E-state index in [2.05, 4.69) is 10.1 Å². The van der Waals surface area contributed by atoms with Crippen molar-refractivity contribution in [2.24, 2.45) is 0 Å². The molecule has 0 saturated carbocycles. The molecule has 1 aromatic carbocycles. The molecule has 0 aliphatic heterocycles. The summed E-state index contributed by atoms with van der Waals surface area (Å²) in [4.78, 5) is 18.0. The van der Waals surface area contributed by atoms with E-state index in [9.17, 15) is 4.79 Å². The zero-order valence-electron chi connectivity index (χ0n) is 11.5. The maximum atomic E-state index is 12.3. The molecular formula is C14H17N3O3. The van der Waals surface area contributed by atoms with Crippen molar-refractivity contribution in [3.63, 3.8) is 0 Å². The van der Waals surface area contributed by atoms with Crippen molar-refractivity contribution in [3.8, 4) is 11.4 Å². The second-order valence-electron chi connectivity index (χ2n) is 4.33. The van der Waals surface area contributed by atoms with E-state index >= 15 is 0 Å². The Balaban J connectivity index is 2.27. The van der Waals surface area contributed by atoms with E-state index < -0.39 is 0 Å². The molecule has 6 nitrogen and oxygen atoms in total. The maximum Gasteiger partial charge on any atom is 0.253 e. The van der Waals surface area contributed by atoms with Crippen LogP contribution in [0.25, 0.3) is 11.4 Å². The van der Waals surface area contributed by atoms with Crippen molar-refractivity contribution >= 4 is 5.91 Å². The second-order valence-corrected chi connectivity index (χ2v) is 4.33. The van der Waals surface area contributed by atoms with Gasteiger partial charge in [-0.25, -0.2) is 0 Å². The summed E-state index contributed by atoms with van der Waals surface area (Å²) in [7, 11) is 0. The molecular weight excluding hydrogens is 258 g/mol. The van der Waals surface area contributed by atoms with Crippen molar-refractivity contribution in [1.82, 2.24) is 15.0 Å². The molecule has 0 atom stereocenters. The minimum Gasteiger partial charge on any atom is -0.395 e. The third-order valence-electron chi connectivity index (χ3n) is 2.93. The highest BCUT2D eigenvalue weighted by Crippen LogP contribution is 2.18. The summed E-state index contributed by atoms with van der Waals surface area (Å²) in [5.41, 5.74) is 1.27. The van der Waals surface area contributed by atoms with Gasteiger partial charge in [0.25, 0.3) is 5.91 Å². The van der Waals surface area contributed by atoms with E-state index in [-0.39, 0.29) is 12.5 Å². The lowest BCUT2D eigenvalue weighted by molar-refractivity contribution is 0.0732. The normalized spacial score (nSPS) is 10.6. The van der Waals surface area contributed by atoms with Crippen molar-refractivity contribution < 1.29 is 14.4 Å². The van der Waals surface area contributed by atoms with E-state index in [0.717, 1.165) is 5.56 Å². The smallest absolute Gasteiger partial charge is 0.253 e. The second kappa shape index (κ2) is 6.29. The Bertz CT molecular complexity index is 595. The Morgan fingerprint density at radius 3 is 2.85 bits per heavy atom. The van der Waals surface area contributed by atoms with Gasteiger partial charge in [-0.1, -0.05) is 17.3 Å². The van der Waals surface area contributed by atoms with Gasteiger partial charge < -0.3 is 14.5 Å². The Labute approximate surface area is 117 Å². The van der Waals surface area contributed by atoms with Crippen LogP contribution in [0.4, 0.5) is 0 Å². The number of nitrogens with zero attached hydrogens (tertiary/aromatic N) is 3. The molecule has 0 unspecified atom stereocenters. The van der Waals surface area contributed by atoms with E-state index in [4.69, 9.17) is 9.63 Å². The first kappa shape index (κ1) is 14.2. The third kappa shape index (κ3) is 3.03. The molecule has 0 aliphatic carbocycles. The van der Waals surface area contributed by atoms with E-state index in [0.29, 0.717) is 30.4 Å². The minimum atomic E-state index is -0.122. The first-order valence-corrected chi connectivity index (χ1v) is 6.46. The van der Waals surface area contributed by atoms with Crippen LogP contribution < -0.4 is 0 Å². The van der Waals surface area contributed by atoms with Crippen LogP contribution in [-0.4, -0.2) is 45.8 Å². The number of aliphatic hydroxyl groups excluding tert-OH is 1. The number of aryl methyl sites for hydroxylation is 1. The molecule has 1 amide bonds. The number of carbonyl (C=O) groups is 1. The van der Waals surface area contributed by atoms with E-state index in [1.54, 1.807) is 30.0 Å². The summed E-state index contributed by atoms with van der Waals surface area (Å²) in [6, 6.07) is 7.07. The molecule has 1 aromatic heterocycles. The standard InChI is InChI=1S/C14H17N3O3/c1-3-17(7-8-18)14(19)12-6-4-5-11(9-12)13-15-10(2)20-16-13/h4-6,9,18H,3,7-8H2,1-2H3. The molecule has 0 radical (unpaired) electrons. The molecule has 2 rings (SSSR count). The van der Waals surface area contributed by atoms with Crippen molar-refractivity contribution in [3.05, 3.63) is 35.7 Å². The number of rotatable bonds is 5. The average molecular weight is 275 g/mol. The van der Waals surface area contributed by atoms with Crippen molar-refractivity contribution in [2.75, 3.05) is 19.7 Å². The summed E-state index contributed by atoms with van der Waals surface area (Å²) >= 11 is 0. The van der Waals surface area contributed by atoms with Gasteiger partial charge >= 0.3 is 0 Å². The fraction of sp³-hybridized carbons (Fsp3) is 0.357. The monoisotopic (exact) mass is 275 g/mol. The summed E-state index contributed by atoms with van der Waals surface area (Å²) in [6.45, 7) is 4.40. The zero-order valence-corrected chi connectivity index (χ0v) is 11.5. The number of hydrogen-bond donors (Lipinski definition) is 1. The lowest BCUT2D eigenvalue weighted by Gasteiger charge is -2.19. The van der Waals surface area contributed by atoms with Crippen LogP contribution in [0.1, 0.15) is 23.2 Å². The molecule has 1 N–H and O–H groups in total. The summed E-state index contributed by atoms with van der Waals surface area (Å²) in [5, 5.41) is 12.8. The summed E-state index contributed by atoms with van der Waals surface area (Å²) in [5.74, 6) is 0.818. The molecule has 1 heterocycles. The first-order valence-electron chi connectivity index (χ1n) is 6.46. The maximum absolute atomic E-state index is 12.3. The summed E-state index contributed by atoms with van der Waals surface area (Å²) in [6.07, 6.45) is 0. The predicted molar refractivity (Wildman–Crippen MR) is 73.1 cm³/mol. The van der Waals surface area contributed by atoms with Gasteiger partial charge in [0, 0.05) is 31.1 Å². The van der Waals surface area contributed by atoms with Crippen LogP contribution in [0, 0.1) is 6.92 Å². The number of benzene rings is 1. The van der Waals surface area contributed by atoms with E-state index in [1.807, 2.05) is 13.0 Å². The van der Waals surface area contributed by atoms with Gasteiger partial charge in [0.1, 0.15) is 0 Å². The highest BCUT2D eigenvalue weighted by Gasteiger charge is 2.15. The topological polar surface area (TPSA) is 79.5 Å². The molecule has 2 aromatic rings. The zero-order chi connectivity index (χ0) is 14.5. The van der Waals surface area contributed by atoms with Gasteiger partial charge in [0.2, 0.25) is 11.7 Å². The van der Waals surface area contributed by atoms with Crippen LogP contribution in [0.3, 0.4) is 0 Å². The molecule has 0 fully saturated rings. The predicted octanol–water partition coefficient (Wildman–Crippen LogP) is 1.50. The number of likely N-dealkylation sites (N-methyl/N-ethyl adjacent to an activating group) is 1. The van der Waals surface area contributed by atoms with Gasteiger partial charge in [-0.05, 0) is 19.1 Å². The molecule has 106 valence electrons. The van der Waals surface area contributed by atoms with Gasteiger partial charge in [0.05, 0.1) is 6.61 Å². The summed E-state index contributed by atoms with van der Waals surface area (Å²) < 4.78 is 4.94. The van der Waals surface area contributed by atoms with Crippen molar-refractivity contribution in [1.29, 1.82) is 0 Å². The molecule has 0 bridgehead atoms. The Morgan fingerprint density at radius 1 is 1.45 bits per heavy atom. The van der Waals surface area contributed by atoms with Crippen LogP contribution in [0.15, 0.2) is 28.8 Å². The lowest BCUT2D eigenvalue weighted by Crippen LogP contribution is -2.33. The average Bonchev–Trinajstić information content (AvgIpc) is 2.91. The number of aliphatic hydroxyl groups is 1. The third-order valence-corrected chi connectivity index (χ3v) is 2.93. The lowest BCUT2D eigenvalue weighted by atomic mass is 10.1. The van der Waals surface area contributed by atoms with Crippen LogP contribution in [-0.2, 0) is 0 Å². The Morgan fingerprint density at radius 2 is 2.25 bits per heavy atom. The minimum absolute atomic E-state index is 0.0523. The van der Waals surface area contributed by atoms with E-state index in [1.165, 1.54) is 0 Å². The van der Waals surface area contributed by atoms with Gasteiger partial charge in [0.15, 0.2) is 0 Å². The van der Waals surface area contributed by atoms with Gasteiger partial charge in [-0.15, -0.1) is 0 Å². The fourth-order valence-electron chi connectivity index (χ4n) is 1.91. The highest BCUT2D eigenvalue weighted by molar-refractivity contribution is 5.95.